The number of methoxy groups -OCH3 is 1. The summed E-state index contributed by atoms with van der Waals surface area (Å²) in [5, 5.41) is 18.1. The molecular weight excluding hydrogens is 487 g/mol. The molecule has 0 aliphatic rings. The summed E-state index contributed by atoms with van der Waals surface area (Å²) in [7, 11) is 1.04. The second-order valence-electron chi connectivity index (χ2n) is 8.86. The van der Waals surface area contributed by atoms with Crippen LogP contribution in [0.1, 0.15) is 61.2 Å². The average molecular weight is 526 g/mol. The first-order valence-electron chi connectivity index (χ1n) is 12.7. The van der Waals surface area contributed by atoms with Crippen molar-refractivity contribution in [3.05, 3.63) is 35.9 Å². The Morgan fingerprint density at radius 2 is 1.62 bits per heavy atom. The number of esters is 1. The number of hydrogen-bond donors (Lipinski definition) is 3. The second kappa shape index (κ2) is 16.0. The number of rotatable bonds is 14. The number of aliphatic carboxylic acids is 1. The lowest BCUT2D eigenvalue weighted by Crippen LogP contribution is -2.48. The SMILES string of the molecule is [2H][C@@](CCCC[15NH]C(=O)CC[C@]([2H])(NC(=O)OC(C)(C)C)C(=O)OC)(NC(=O)OCc1ccccc1)C(=O)[O-]. The van der Waals surface area contributed by atoms with Crippen LogP contribution in [0.25, 0.3) is 0 Å². The number of ether oxygens (including phenoxy) is 3. The third-order valence-corrected chi connectivity index (χ3v) is 4.57. The van der Waals surface area contributed by atoms with Crippen molar-refractivity contribution in [1.29, 1.82) is 0 Å². The van der Waals surface area contributed by atoms with Crippen LogP contribution >= 0.6 is 0 Å². The Morgan fingerprint density at radius 1 is 0.973 bits per heavy atom. The smallest absolute Gasteiger partial charge is 0.408 e. The van der Waals surface area contributed by atoms with Gasteiger partial charge in [0.05, 0.1) is 21.8 Å². The molecule has 0 unspecified atom stereocenters. The number of amides is 3. The van der Waals surface area contributed by atoms with Crippen LogP contribution in [-0.2, 0) is 35.2 Å². The molecule has 0 saturated heterocycles. The van der Waals surface area contributed by atoms with Gasteiger partial charge in [-0.3, -0.25) is 4.79 Å². The highest BCUT2D eigenvalue weighted by atomic mass is 16.6. The van der Waals surface area contributed by atoms with E-state index in [0.717, 1.165) is 7.11 Å². The van der Waals surface area contributed by atoms with Crippen LogP contribution < -0.4 is 21.1 Å². The molecule has 12 nitrogen and oxygen atoms in total. The van der Waals surface area contributed by atoms with Gasteiger partial charge in [0.2, 0.25) is 5.91 Å². The summed E-state index contributed by atoms with van der Waals surface area (Å²) in [6, 6.07) is 4.01. The number of carbonyl (C=O) groups is 5. The Hall–Kier alpha value is -3.83. The summed E-state index contributed by atoms with van der Waals surface area (Å²) < 4.78 is 30.9. The minimum atomic E-state index is -2.43. The Balaban J connectivity index is 2.48. The third kappa shape index (κ3) is 14.4. The Kier molecular flexibility index (Phi) is 12.0. The Morgan fingerprint density at radius 3 is 2.22 bits per heavy atom. The molecule has 3 N–H and O–H groups in total. The number of benzene rings is 1. The Labute approximate surface area is 219 Å². The molecule has 3 amide bonds. The highest BCUT2D eigenvalue weighted by Crippen LogP contribution is 2.09. The van der Waals surface area contributed by atoms with Crippen LogP contribution in [0.15, 0.2) is 30.3 Å². The minimum absolute atomic E-state index is 0.0864. The zero-order valence-corrected chi connectivity index (χ0v) is 21.5. The van der Waals surface area contributed by atoms with Crippen molar-refractivity contribution in [3.8, 4) is 0 Å². The number of carbonyl (C=O) groups excluding carboxylic acids is 5. The van der Waals surface area contributed by atoms with Crippen LogP contribution in [0, 0.1) is 0 Å². The minimum Gasteiger partial charge on any atom is -0.548 e. The van der Waals surface area contributed by atoms with E-state index in [9.17, 15) is 29.1 Å². The molecule has 0 fully saturated rings. The standard InChI is InChI=1S/C25H37N3O9/c1-25(2,3)37-24(34)28-19(22(32)35-4)13-14-20(29)26-15-9-8-12-18(21(30)31)27-23(33)36-16-17-10-6-5-7-11-17/h5-7,10-11,18-19H,8-9,12-16H2,1-4H3,(H,26,29)(H,27,33)(H,28,34)(H,30,31)/p-1/t18-,19-/m0/s1/i18D,19D,26+1. The van der Waals surface area contributed by atoms with E-state index in [1.165, 1.54) is 0 Å². The van der Waals surface area contributed by atoms with Gasteiger partial charge in [-0.15, -0.1) is 0 Å². The first-order chi connectivity index (χ1) is 18.1. The molecular formula is C25H36N3O9-. The van der Waals surface area contributed by atoms with Crippen LogP contribution in [0.4, 0.5) is 9.59 Å². The molecule has 206 valence electrons. The van der Waals surface area contributed by atoms with Crippen molar-refractivity contribution >= 4 is 30.0 Å². The van der Waals surface area contributed by atoms with Crippen molar-refractivity contribution in [3.63, 3.8) is 0 Å². The molecule has 1 rings (SSSR count). The summed E-state index contributed by atoms with van der Waals surface area (Å²) in [6.45, 7) is 4.80. The number of nitrogens with one attached hydrogen (secondary N) is 3. The molecule has 0 spiro atoms. The topological polar surface area (TPSA) is 172 Å². The van der Waals surface area contributed by atoms with E-state index in [1.807, 2.05) is 5.32 Å². The van der Waals surface area contributed by atoms with Crippen molar-refractivity contribution in [1.82, 2.24) is 16.0 Å². The third-order valence-electron chi connectivity index (χ3n) is 4.57. The van der Waals surface area contributed by atoms with E-state index in [4.69, 9.17) is 12.2 Å². The van der Waals surface area contributed by atoms with E-state index >= 15 is 0 Å². The molecule has 0 saturated carbocycles. The number of alkyl carbamates (subject to hydrolysis) is 2. The summed E-state index contributed by atoms with van der Waals surface area (Å²) in [4.78, 5) is 59.8. The second-order valence-corrected chi connectivity index (χ2v) is 8.86. The van der Waals surface area contributed by atoms with Crippen molar-refractivity contribution < 1.29 is 46.0 Å². The summed E-state index contributed by atoms with van der Waals surface area (Å²) in [5.41, 5.74) is -0.189. The molecule has 0 heterocycles. The molecule has 37 heavy (non-hydrogen) atoms. The fraction of sp³-hybridized carbons (Fsp3) is 0.560. The van der Waals surface area contributed by atoms with Gasteiger partial charge in [-0.2, -0.15) is 0 Å². The first-order valence-corrected chi connectivity index (χ1v) is 11.7. The normalized spacial score (nSPS) is 14.9. The maximum absolute atomic E-state index is 12.2. The molecule has 12 heteroatoms. The van der Waals surface area contributed by atoms with Crippen LogP contribution in [0.3, 0.4) is 0 Å². The van der Waals surface area contributed by atoms with Crippen molar-refractivity contribution in [2.75, 3.05) is 13.7 Å². The number of carboxylic acids is 1. The zero-order chi connectivity index (χ0) is 29.7. The summed E-state index contributed by atoms with van der Waals surface area (Å²) in [6.07, 6.45) is -2.77. The highest BCUT2D eigenvalue weighted by Gasteiger charge is 2.25. The fourth-order valence-electron chi connectivity index (χ4n) is 2.85. The quantitative estimate of drug-likeness (QED) is 0.139. The van der Waals surface area contributed by atoms with E-state index in [2.05, 4.69) is 15.4 Å². The van der Waals surface area contributed by atoms with E-state index < -0.39 is 54.1 Å². The largest absolute Gasteiger partial charge is 0.548 e. The number of hydrogen-bond acceptors (Lipinski definition) is 9. The summed E-state index contributed by atoms with van der Waals surface area (Å²) >= 11 is 0. The molecule has 1 aromatic carbocycles. The van der Waals surface area contributed by atoms with Gasteiger partial charge < -0.3 is 40.1 Å². The maximum Gasteiger partial charge on any atom is 0.408 e. The average Bonchev–Trinajstić information content (AvgIpc) is 2.84. The van der Waals surface area contributed by atoms with Gasteiger partial charge in [0.1, 0.15) is 18.2 Å². The first kappa shape index (κ1) is 27.8. The number of unbranched alkanes of at least 4 members (excludes halogenated alkanes) is 1. The molecule has 0 aliphatic carbocycles. The lowest BCUT2D eigenvalue weighted by molar-refractivity contribution is -0.308. The van der Waals surface area contributed by atoms with Crippen molar-refractivity contribution in [2.45, 2.75) is 77.1 Å². The molecule has 2 atom stereocenters. The van der Waals surface area contributed by atoms with Gasteiger partial charge in [0.15, 0.2) is 0 Å². The maximum atomic E-state index is 12.2. The van der Waals surface area contributed by atoms with Crippen LogP contribution in [0.5, 0.6) is 0 Å². The molecule has 0 aromatic heterocycles. The predicted molar refractivity (Wildman–Crippen MR) is 130 cm³/mol. The lowest BCUT2D eigenvalue weighted by Gasteiger charge is -2.22. The van der Waals surface area contributed by atoms with E-state index in [1.54, 1.807) is 51.1 Å². The van der Waals surface area contributed by atoms with Gasteiger partial charge >= 0.3 is 18.2 Å². The fourth-order valence-corrected chi connectivity index (χ4v) is 2.85. The molecule has 1 aromatic rings. The van der Waals surface area contributed by atoms with Gasteiger partial charge in [0, 0.05) is 13.0 Å². The van der Waals surface area contributed by atoms with Gasteiger partial charge in [-0.05, 0) is 52.0 Å². The van der Waals surface area contributed by atoms with E-state index in [-0.39, 0.29) is 38.8 Å². The molecule has 0 aliphatic heterocycles. The van der Waals surface area contributed by atoms with E-state index in [0.29, 0.717) is 5.56 Å². The van der Waals surface area contributed by atoms with Gasteiger partial charge in [-0.25, -0.2) is 14.4 Å². The molecule has 0 bridgehead atoms. The molecule has 0 radical (unpaired) electrons. The lowest BCUT2D eigenvalue weighted by atomic mass is 10.1. The summed E-state index contributed by atoms with van der Waals surface area (Å²) in [5.74, 6) is -3.43. The monoisotopic (exact) mass is 525 g/mol. The van der Waals surface area contributed by atoms with Crippen LogP contribution in [-0.4, -0.2) is 61.3 Å². The van der Waals surface area contributed by atoms with Gasteiger partial charge in [-0.1, -0.05) is 30.3 Å². The number of carboxylic acid groups (broad SMARTS) is 1. The van der Waals surface area contributed by atoms with Gasteiger partial charge in [0.25, 0.3) is 0 Å². The Bertz CT molecular complexity index is 1000. The van der Waals surface area contributed by atoms with Crippen molar-refractivity contribution in [2.24, 2.45) is 0 Å². The zero-order valence-electron chi connectivity index (χ0n) is 23.5. The highest BCUT2D eigenvalue weighted by molar-refractivity contribution is 5.83. The predicted octanol–water partition coefficient (Wildman–Crippen LogP) is 1.16. The van der Waals surface area contributed by atoms with Crippen LogP contribution in [0.2, 0.25) is 0 Å².